The van der Waals surface area contributed by atoms with Crippen molar-refractivity contribution in [2.75, 3.05) is 20.2 Å². The molecule has 1 heterocycles. The van der Waals surface area contributed by atoms with Crippen LogP contribution in [-0.2, 0) is 14.3 Å². The second-order valence-corrected chi connectivity index (χ2v) is 4.76. The number of piperidine rings is 1. The number of hydrogen-bond donors (Lipinski definition) is 1. The van der Waals surface area contributed by atoms with E-state index in [-0.39, 0.29) is 17.9 Å². The normalized spacial score (nSPS) is 19.2. The highest BCUT2D eigenvalue weighted by molar-refractivity contribution is 5.83. The molecule has 0 saturated carbocycles. The molecule has 1 amide bonds. The number of carbonyl (C=O) groups excluding carboxylic acids is 2. The number of nitrogens with zero attached hydrogens (tertiary/aromatic N) is 1. The molecule has 0 aromatic carbocycles. The Morgan fingerprint density at radius 3 is 2.39 bits per heavy atom. The van der Waals surface area contributed by atoms with E-state index in [1.807, 2.05) is 18.7 Å². The van der Waals surface area contributed by atoms with Crippen LogP contribution < -0.4 is 5.32 Å². The van der Waals surface area contributed by atoms with Crippen LogP contribution in [0.15, 0.2) is 0 Å². The van der Waals surface area contributed by atoms with Gasteiger partial charge in [0.15, 0.2) is 0 Å². The number of rotatable bonds is 5. The fourth-order valence-corrected chi connectivity index (χ4v) is 2.26. The average molecular weight is 256 g/mol. The van der Waals surface area contributed by atoms with E-state index in [1.54, 1.807) is 0 Å². The number of nitrogens with one attached hydrogen (secondary N) is 1. The first-order chi connectivity index (χ1) is 8.60. The van der Waals surface area contributed by atoms with Crippen molar-refractivity contribution in [1.29, 1.82) is 0 Å². The van der Waals surface area contributed by atoms with E-state index in [9.17, 15) is 9.59 Å². The lowest BCUT2D eigenvalue weighted by Gasteiger charge is -2.30. The van der Waals surface area contributed by atoms with E-state index in [4.69, 9.17) is 4.74 Å². The molecule has 0 aromatic rings. The summed E-state index contributed by atoms with van der Waals surface area (Å²) >= 11 is 0. The molecule has 2 unspecified atom stereocenters. The molecule has 0 aromatic heterocycles. The van der Waals surface area contributed by atoms with Gasteiger partial charge in [-0.25, -0.2) is 0 Å². The van der Waals surface area contributed by atoms with E-state index < -0.39 is 6.04 Å². The minimum Gasteiger partial charge on any atom is -0.468 e. The maximum absolute atomic E-state index is 12.2. The number of amides is 1. The zero-order valence-corrected chi connectivity index (χ0v) is 11.6. The van der Waals surface area contributed by atoms with Gasteiger partial charge in [-0.05, 0) is 32.6 Å². The molecule has 104 valence electrons. The molecule has 1 rings (SSSR count). The van der Waals surface area contributed by atoms with Crippen molar-refractivity contribution in [2.24, 2.45) is 0 Å². The summed E-state index contributed by atoms with van der Waals surface area (Å²) in [5, 5.41) is 3.05. The zero-order valence-electron chi connectivity index (χ0n) is 11.6. The van der Waals surface area contributed by atoms with E-state index >= 15 is 0 Å². The average Bonchev–Trinajstić information content (AvgIpc) is 2.43. The Kier molecular flexibility index (Phi) is 6.12. The summed E-state index contributed by atoms with van der Waals surface area (Å²) in [5.74, 6) is -0.229. The summed E-state index contributed by atoms with van der Waals surface area (Å²) in [6.45, 7) is 5.37. The van der Waals surface area contributed by atoms with Gasteiger partial charge in [0.25, 0.3) is 0 Å². The minimum absolute atomic E-state index is 0.0806. The molecule has 0 radical (unpaired) electrons. The standard InChI is InChI=1S/C13H24N2O3/c1-4-11(13(17)18-3)14-10(2)12(16)15-8-6-5-7-9-15/h10-11,14H,4-9H2,1-3H3. The smallest absolute Gasteiger partial charge is 0.322 e. The van der Waals surface area contributed by atoms with Gasteiger partial charge in [-0.15, -0.1) is 0 Å². The number of esters is 1. The number of ether oxygens (including phenoxy) is 1. The highest BCUT2D eigenvalue weighted by Gasteiger charge is 2.26. The van der Waals surface area contributed by atoms with Crippen LogP contribution in [0.4, 0.5) is 0 Å². The molecule has 0 spiro atoms. The lowest BCUT2D eigenvalue weighted by molar-refractivity contribution is -0.144. The highest BCUT2D eigenvalue weighted by atomic mass is 16.5. The number of likely N-dealkylation sites (tertiary alicyclic amines) is 1. The topological polar surface area (TPSA) is 58.6 Å². The number of methoxy groups -OCH3 is 1. The largest absolute Gasteiger partial charge is 0.468 e. The Labute approximate surface area is 109 Å². The summed E-state index contributed by atoms with van der Waals surface area (Å²) in [5.41, 5.74) is 0. The van der Waals surface area contributed by atoms with Crippen molar-refractivity contribution >= 4 is 11.9 Å². The van der Waals surface area contributed by atoms with Crippen molar-refractivity contribution in [1.82, 2.24) is 10.2 Å². The molecule has 1 fully saturated rings. The van der Waals surface area contributed by atoms with E-state index in [2.05, 4.69) is 5.32 Å². The van der Waals surface area contributed by atoms with Crippen LogP contribution in [-0.4, -0.2) is 49.1 Å². The maximum atomic E-state index is 12.2. The van der Waals surface area contributed by atoms with Crippen LogP contribution >= 0.6 is 0 Å². The lowest BCUT2D eigenvalue weighted by atomic mass is 10.1. The van der Waals surface area contributed by atoms with Gasteiger partial charge in [-0.1, -0.05) is 6.92 Å². The molecule has 5 heteroatoms. The second kappa shape index (κ2) is 7.36. The van der Waals surface area contributed by atoms with E-state index in [0.29, 0.717) is 6.42 Å². The Bertz CT molecular complexity index is 288. The molecule has 2 atom stereocenters. The predicted octanol–water partition coefficient (Wildman–Crippen LogP) is 0.929. The second-order valence-electron chi connectivity index (χ2n) is 4.76. The molecular weight excluding hydrogens is 232 g/mol. The van der Waals surface area contributed by atoms with E-state index in [1.165, 1.54) is 13.5 Å². The third-order valence-corrected chi connectivity index (χ3v) is 3.38. The quantitative estimate of drug-likeness (QED) is 0.743. The van der Waals surface area contributed by atoms with Gasteiger partial charge in [0, 0.05) is 13.1 Å². The Morgan fingerprint density at radius 1 is 1.28 bits per heavy atom. The van der Waals surface area contributed by atoms with Crippen LogP contribution in [0, 0.1) is 0 Å². The predicted molar refractivity (Wildman–Crippen MR) is 69.1 cm³/mol. The van der Waals surface area contributed by atoms with Crippen LogP contribution in [0.2, 0.25) is 0 Å². The third-order valence-electron chi connectivity index (χ3n) is 3.38. The molecule has 1 N–H and O–H groups in total. The van der Waals surface area contributed by atoms with Crippen molar-refractivity contribution in [3.63, 3.8) is 0 Å². The van der Waals surface area contributed by atoms with Crippen LogP contribution in [0.25, 0.3) is 0 Å². The highest BCUT2D eigenvalue weighted by Crippen LogP contribution is 2.10. The first-order valence-corrected chi connectivity index (χ1v) is 6.72. The van der Waals surface area contributed by atoms with Gasteiger partial charge >= 0.3 is 5.97 Å². The molecular formula is C13H24N2O3. The van der Waals surface area contributed by atoms with E-state index in [0.717, 1.165) is 25.9 Å². The van der Waals surface area contributed by atoms with Gasteiger partial charge in [0.1, 0.15) is 6.04 Å². The monoisotopic (exact) mass is 256 g/mol. The molecule has 1 saturated heterocycles. The lowest BCUT2D eigenvalue weighted by Crippen LogP contribution is -2.51. The molecule has 1 aliphatic rings. The van der Waals surface area contributed by atoms with Gasteiger partial charge < -0.3 is 9.64 Å². The summed E-state index contributed by atoms with van der Waals surface area (Å²) < 4.78 is 4.70. The molecule has 18 heavy (non-hydrogen) atoms. The van der Waals surface area contributed by atoms with Crippen molar-refractivity contribution in [3.05, 3.63) is 0 Å². The first-order valence-electron chi connectivity index (χ1n) is 6.72. The number of carbonyl (C=O) groups is 2. The molecule has 0 bridgehead atoms. The number of hydrogen-bond acceptors (Lipinski definition) is 4. The Hall–Kier alpha value is -1.10. The van der Waals surface area contributed by atoms with Gasteiger partial charge in [-0.2, -0.15) is 0 Å². The summed E-state index contributed by atoms with van der Waals surface area (Å²) in [7, 11) is 1.36. The van der Waals surface area contributed by atoms with Gasteiger partial charge in [0.2, 0.25) is 5.91 Å². The van der Waals surface area contributed by atoms with Crippen molar-refractivity contribution < 1.29 is 14.3 Å². The van der Waals surface area contributed by atoms with Crippen molar-refractivity contribution in [2.45, 2.75) is 51.6 Å². The fourth-order valence-electron chi connectivity index (χ4n) is 2.26. The summed E-state index contributed by atoms with van der Waals surface area (Å²) in [6, 6.07) is -0.745. The third kappa shape index (κ3) is 3.98. The van der Waals surface area contributed by atoms with Crippen molar-refractivity contribution in [3.8, 4) is 0 Å². The minimum atomic E-state index is -0.404. The first kappa shape index (κ1) is 15.0. The molecule has 1 aliphatic heterocycles. The fraction of sp³-hybridized carbons (Fsp3) is 0.846. The molecule has 5 nitrogen and oxygen atoms in total. The van der Waals surface area contributed by atoms with Crippen LogP contribution in [0.5, 0.6) is 0 Å². The van der Waals surface area contributed by atoms with Gasteiger partial charge in [0.05, 0.1) is 13.2 Å². The zero-order chi connectivity index (χ0) is 13.5. The summed E-state index contributed by atoms with van der Waals surface area (Å²) in [6.07, 6.45) is 3.97. The van der Waals surface area contributed by atoms with Gasteiger partial charge in [-0.3, -0.25) is 14.9 Å². The summed E-state index contributed by atoms with van der Waals surface area (Å²) in [4.78, 5) is 25.5. The molecule has 0 aliphatic carbocycles. The Balaban J connectivity index is 2.49. The maximum Gasteiger partial charge on any atom is 0.322 e. The van der Waals surface area contributed by atoms with Crippen LogP contribution in [0.1, 0.15) is 39.5 Å². The SMILES string of the molecule is CCC(NC(C)C(=O)N1CCCCC1)C(=O)OC. The Morgan fingerprint density at radius 2 is 1.89 bits per heavy atom. The van der Waals surface area contributed by atoms with Crippen LogP contribution in [0.3, 0.4) is 0 Å².